The minimum Gasteiger partial charge on any atom is -0.497 e. The maximum absolute atomic E-state index is 9.54. The molecular formula is C26H22N8O. The predicted octanol–water partition coefficient (Wildman–Crippen LogP) is 4.37. The van der Waals surface area contributed by atoms with Crippen LogP contribution in [0.1, 0.15) is 23.6 Å². The highest BCUT2D eigenvalue weighted by Crippen LogP contribution is 2.28. The average molecular weight is 463 g/mol. The normalized spacial score (nSPS) is 12.4. The lowest BCUT2D eigenvalue weighted by atomic mass is 10.0. The van der Waals surface area contributed by atoms with Crippen LogP contribution in [0.2, 0.25) is 0 Å². The maximum Gasteiger partial charge on any atom is 0.141 e. The fraction of sp³-hybridized carbons (Fsp3) is 0.115. The minimum atomic E-state index is -0.304. The molecule has 3 aromatic heterocycles. The van der Waals surface area contributed by atoms with Crippen LogP contribution < -0.4 is 10.5 Å². The fourth-order valence-corrected chi connectivity index (χ4v) is 3.97. The van der Waals surface area contributed by atoms with Gasteiger partial charge in [-0.25, -0.2) is 15.0 Å². The molecule has 3 heterocycles. The fourth-order valence-electron chi connectivity index (χ4n) is 3.97. The van der Waals surface area contributed by atoms with Gasteiger partial charge in [-0.05, 0) is 29.8 Å². The first-order chi connectivity index (χ1) is 17.2. The van der Waals surface area contributed by atoms with Crippen molar-refractivity contribution in [3.8, 4) is 23.1 Å². The zero-order chi connectivity index (χ0) is 24.2. The number of amidine groups is 1. The van der Waals surface area contributed by atoms with Crippen LogP contribution >= 0.6 is 0 Å². The molecular weight excluding hydrogens is 440 g/mol. The molecule has 2 aromatic carbocycles. The average Bonchev–Trinajstić information content (AvgIpc) is 3.57. The number of aliphatic imine (C=N–C) groups is 1. The molecule has 0 spiro atoms. The maximum atomic E-state index is 9.54. The first-order valence-corrected chi connectivity index (χ1v) is 10.9. The first-order valence-electron chi connectivity index (χ1n) is 10.9. The molecule has 9 heteroatoms. The predicted molar refractivity (Wildman–Crippen MR) is 133 cm³/mol. The number of nitriles is 1. The number of rotatable bonds is 7. The van der Waals surface area contributed by atoms with Crippen molar-refractivity contribution in [3.63, 3.8) is 0 Å². The summed E-state index contributed by atoms with van der Waals surface area (Å²) in [5.74, 6) is 1.07. The summed E-state index contributed by atoms with van der Waals surface area (Å²) in [7, 11) is 1.61. The van der Waals surface area contributed by atoms with Gasteiger partial charge in [0.2, 0.25) is 0 Å². The Morgan fingerprint density at radius 3 is 2.94 bits per heavy atom. The number of nitrogens with zero attached hydrogens (tertiary/aromatic N) is 6. The van der Waals surface area contributed by atoms with Gasteiger partial charge in [-0.2, -0.15) is 10.4 Å². The highest BCUT2D eigenvalue weighted by atomic mass is 16.5. The number of benzene rings is 2. The third-order valence-electron chi connectivity index (χ3n) is 5.70. The zero-order valence-corrected chi connectivity index (χ0v) is 19.0. The number of nitrogens with two attached hydrogens (primary N) is 1. The van der Waals surface area contributed by atoms with E-state index in [1.807, 2.05) is 67.0 Å². The van der Waals surface area contributed by atoms with E-state index < -0.39 is 0 Å². The van der Waals surface area contributed by atoms with Crippen molar-refractivity contribution in [1.82, 2.24) is 24.7 Å². The van der Waals surface area contributed by atoms with Crippen molar-refractivity contribution < 1.29 is 4.74 Å². The Bertz CT molecular complexity index is 1560. The van der Waals surface area contributed by atoms with Gasteiger partial charge in [-0.3, -0.25) is 4.68 Å². The van der Waals surface area contributed by atoms with Gasteiger partial charge in [0.25, 0.3) is 0 Å². The number of aromatic amines is 1. The topological polar surface area (TPSA) is 131 Å². The summed E-state index contributed by atoms with van der Waals surface area (Å²) in [5, 5.41) is 15.0. The SMILES string of the molecule is COc1cccc(N=C(N)c2cccc(C(CC#N)n3cc(-c4ncnc5[nH]ccc45)cn3)c2)c1. The van der Waals surface area contributed by atoms with Crippen LogP contribution in [0.3, 0.4) is 0 Å². The second kappa shape index (κ2) is 9.49. The molecule has 5 rings (SSSR count). The molecule has 0 fully saturated rings. The summed E-state index contributed by atoms with van der Waals surface area (Å²) in [6.45, 7) is 0. The largest absolute Gasteiger partial charge is 0.497 e. The second-order valence-corrected chi connectivity index (χ2v) is 7.87. The van der Waals surface area contributed by atoms with Gasteiger partial charge >= 0.3 is 0 Å². The van der Waals surface area contributed by atoms with Crippen LogP contribution in [0.25, 0.3) is 22.3 Å². The smallest absolute Gasteiger partial charge is 0.141 e. The summed E-state index contributed by atoms with van der Waals surface area (Å²) in [4.78, 5) is 16.3. The molecule has 3 N–H and O–H groups in total. The zero-order valence-electron chi connectivity index (χ0n) is 19.0. The molecule has 1 atom stereocenters. The van der Waals surface area contributed by atoms with Crippen molar-refractivity contribution >= 4 is 22.6 Å². The number of methoxy groups -OCH3 is 1. The Morgan fingerprint density at radius 1 is 1.20 bits per heavy atom. The minimum absolute atomic E-state index is 0.237. The van der Waals surface area contributed by atoms with Crippen LogP contribution in [0.4, 0.5) is 5.69 Å². The second-order valence-electron chi connectivity index (χ2n) is 7.87. The number of nitrogens with one attached hydrogen (secondary N) is 1. The number of aromatic nitrogens is 5. The number of ether oxygens (including phenoxy) is 1. The number of hydrogen-bond donors (Lipinski definition) is 2. The third-order valence-corrected chi connectivity index (χ3v) is 5.70. The highest BCUT2D eigenvalue weighted by Gasteiger charge is 2.18. The Kier molecular flexibility index (Phi) is 5.92. The molecule has 0 aliphatic rings. The lowest BCUT2D eigenvalue weighted by molar-refractivity contribution is 0.415. The quantitative estimate of drug-likeness (QED) is 0.273. The van der Waals surface area contributed by atoms with Crippen LogP contribution in [-0.2, 0) is 0 Å². The number of H-pyrrole nitrogens is 1. The van der Waals surface area contributed by atoms with Crippen LogP contribution in [0.5, 0.6) is 5.75 Å². The van der Waals surface area contributed by atoms with Gasteiger partial charge in [0, 0.05) is 35.0 Å². The molecule has 0 aliphatic carbocycles. The van der Waals surface area contributed by atoms with Crippen molar-refractivity contribution in [3.05, 3.63) is 90.6 Å². The van der Waals surface area contributed by atoms with E-state index in [0.717, 1.165) is 33.4 Å². The van der Waals surface area contributed by atoms with Crippen molar-refractivity contribution in [2.24, 2.45) is 10.7 Å². The molecule has 172 valence electrons. The summed E-state index contributed by atoms with van der Waals surface area (Å²) < 4.78 is 7.05. The van der Waals surface area contributed by atoms with E-state index >= 15 is 0 Å². The van der Waals surface area contributed by atoms with Gasteiger partial charge in [0.15, 0.2) is 0 Å². The molecule has 0 saturated carbocycles. The van der Waals surface area contributed by atoms with E-state index in [0.29, 0.717) is 17.3 Å². The molecule has 9 nitrogen and oxygen atoms in total. The molecule has 35 heavy (non-hydrogen) atoms. The molecule has 0 bridgehead atoms. The monoisotopic (exact) mass is 462 g/mol. The van der Waals surface area contributed by atoms with Gasteiger partial charge in [-0.15, -0.1) is 0 Å². The lowest BCUT2D eigenvalue weighted by Crippen LogP contribution is -2.15. The molecule has 0 saturated heterocycles. The van der Waals surface area contributed by atoms with Gasteiger partial charge in [-0.1, -0.05) is 24.3 Å². The van der Waals surface area contributed by atoms with Crippen LogP contribution in [0, 0.1) is 11.3 Å². The van der Waals surface area contributed by atoms with E-state index in [1.165, 1.54) is 6.33 Å². The third kappa shape index (κ3) is 4.45. The first kappa shape index (κ1) is 21.9. The summed E-state index contributed by atoms with van der Waals surface area (Å²) in [6.07, 6.45) is 7.24. The van der Waals surface area contributed by atoms with E-state index in [1.54, 1.807) is 18.0 Å². The standard InChI is InChI=1S/C26H22N8O/c1-35-21-7-3-6-20(13-21)33-25(28)18-5-2-4-17(12-18)23(8-10-27)34-15-19(14-32-34)24-22-9-11-29-26(22)31-16-30-24/h2-7,9,11-16,23H,8H2,1H3,(H2,28,33)(H,29,30,31). The highest BCUT2D eigenvalue weighted by molar-refractivity contribution is 5.99. The Hall–Kier alpha value is -4.97. The molecule has 0 amide bonds. The van der Waals surface area contributed by atoms with Gasteiger partial charge in [0.1, 0.15) is 23.6 Å². The molecule has 0 aliphatic heterocycles. The molecule has 5 aromatic rings. The number of hydrogen-bond acceptors (Lipinski definition) is 6. The van der Waals surface area contributed by atoms with Crippen molar-refractivity contribution in [2.45, 2.75) is 12.5 Å². The summed E-state index contributed by atoms with van der Waals surface area (Å²) >= 11 is 0. The summed E-state index contributed by atoms with van der Waals surface area (Å²) in [5.41, 5.74) is 11.1. The van der Waals surface area contributed by atoms with Gasteiger partial charge in [0.05, 0.1) is 43.2 Å². The van der Waals surface area contributed by atoms with Crippen molar-refractivity contribution in [1.29, 1.82) is 5.26 Å². The summed E-state index contributed by atoms with van der Waals surface area (Å²) in [6, 6.07) is 19.0. The Labute approximate surface area is 201 Å². The molecule has 0 radical (unpaired) electrons. The van der Waals surface area contributed by atoms with Crippen LogP contribution in [-0.4, -0.2) is 37.7 Å². The number of fused-ring (bicyclic) bond motifs is 1. The van der Waals surface area contributed by atoms with E-state index in [2.05, 4.69) is 31.1 Å². The van der Waals surface area contributed by atoms with E-state index in [-0.39, 0.29) is 12.5 Å². The Morgan fingerprint density at radius 2 is 2.09 bits per heavy atom. The van der Waals surface area contributed by atoms with Crippen LogP contribution in [0.15, 0.2) is 84.5 Å². The van der Waals surface area contributed by atoms with Crippen molar-refractivity contribution in [2.75, 3.05) is 7.11 Å². The van der Waals surface area contributed by atoms with E-state index in [4.69, 9.17) is 10.5 Å². The van der Waals surface area contributed by atoms with Gasteiger partial charge < -0.3 is 15.5 Å². The Balaban J connectivity index is 1.48. The lowest BCUT2D eigenvalue weighted by Gasteiger charge is -2.16. The molecule has 1 unspecified atom stereocenters. The van der Waals surface area contributed by atoms with E-state index in [9.17, 15) is 5.26 Å².